The number of carbonyl (C=O) groups is 1. The zero-order valence-electron chi connectivity index (χ0n) is 9.13. The van der Waals surface area contributed by atoms with Gasteiger partial charge in [0.2, 0.25) is 0 Å². The summed E-state index contributed by atoms with van der Waals surface area (Å²) in [6, 6.07) is 9.16. The van der Waals surface area contributed by atoms with Crippen molar-refractivity contribution in [1.82, 2.24) is 0 Å². The summed E-state index contributed by atoms with van der Waals surface area (Å²) in [5.74, 6) is -0.812. The summed E-state index contributed by atoms with van der Waals surface area (Å²) in [7, 11) is 0. The molecule has 18 heavy (non-hydrogen) atoms. The number of hydrogen-bond donors (Lipinski definition) is 2. The second-order valence-electron chi connectivity index (χ2n) is 3.96. The monoisotopic (exact) mass is 262 g/mol. The molecule has 1 amide bonds. The Morgan fingerprint density at radius 3 is 2.56 bits per heavy atom. The van der Waals surface area contributed by atoms with Crippen LogP contribution >= 0.6 is 11.6 Å². The Balaban J connectivity index is 2.16. The number of halogens is 2. The van der Waals surface area contributed by atoms with Gasteiger partial charge in [0.05, 0.1) is 22.6 Å². The summed E-state index contributed by atoms with van der Waals surface area (Å²) in [4.78, 5) is 12.0. The van der Waals surface area contributed by atoms with Crippen LogP contribution < -0.4 is 10.6 Å². The predicted octanol–water partition coefficient (Wildman–Crippen LogP) is 3.79. The summed E-state index contributed by atoms with van der Waals surface area (Å²) in [5, 5.41) is 6.29. The predicted molar refractivity (Wildman–Crippen MR) is 69.1 cm³/mol. The number of amides is 1. The van der Waals surface area contributed by atoms with Crippen molar-refractivity contribution in [2.75, 3.05) is 10.6 Å². The third-order valence-corrected chi connectivity index (χ3v) is 2.96. The van der Waals surface area contributed by atoms with E-state index < -0.39 is 5.82 Å². The molecule has 5 heteroatoms. The Kier molecular flexibility index (Phi) is 2.45. The van der Waals surface area contributed by atoms with Gasteiger partial charge in [-0.1, -0.05) is 11.6 Å². The van der Waals surface area contributed by atoms with Crippen molar-refractivity contribution in [2.24, 2.45) is 0 Å². The lowest BCUT2D eigenvalue weighted by atomic mass is 10.1. The molecule has 0 unspecified atom stereocenters. The van der Waals surface area contributed by atoms with Crippen molar-refractivity contribution in [2.45, 2.75) is 0 Å². The molecule has 2 aromatic rings. The van der Waals surface area contributed by atoms with Crippen molar-refractivity contribution < 1.29 is 9.18 Å². The smallest absolute Gasteiger partial charge is 0.257 e. The van der Waals surface area contributed by atoms with Crippen molar-refractivity contribution in [3.63, 3.8) is 0 Å². The summed E-state index contributed by atoms with van der Waals surface area (Å²) in [6.45, 7) is 0. The topological polar surface area (TPSA) is 41.1 Å². The molecule has 0 saturated carbocycles. The second-order valence-corrected chi connectivity index (χ2v) is 4.40. The molecular formula is C13H8ClFN2O. The van der Waals surface area contributed by atoms with E-state index >= 15 is 0 Å². The first-order chi connectivity index (χ1) is 8.63. The summed E-state index contributed by atoms with van der Waals surface area (Å²) >= 11 is 5.88. The lowest BCUT2D eigenvalue weighted by Gasteiger charge is -2.08. The Morgan fingerprint density at radius 1 is 0.944 bits per heavy atom. The number of rotatable bonds is 0. The maximum absolute atomic E-state index is 13.2. The molecule has 0 radical (unpaired) electrons. The van der Waals surface area contributed by atoms with Crippen LogP contribution in [0.15, 0.2) is 36.4 Å². The first-order valence-corrected chi connectivity index (χ1v) is 5.69. The highest BCUT2D eigenvalue weighted by Gasteiger charge is 2.19. The molecule has 2 N–H and O–H groups in total. The van der Waals surface area contributed by atoms with Gasteiger partial charge in [0, 0.05) is 5.02 Å². The van der Waals surface area contributed by atoms with E-state index in [0.717, 1.165) is 5.69 Å². The average Bonchev–Trinajstić information content (AvgIpc) is 2.46. The standard InChI is InChI=1S/C13H8ClFN2O/c14-7-1-3-11-12(5-7)17-13(18)9-6-8(15)2-4-10(9)16-11/h1-6,16H,(H,17,18). The lowest BCUT2D eigenvalue weighted by Crippen LogP contribution is -2.10. The molecular weight excluding hydrogens is 255 g/mol. The Morgan fingerprint density at radius 2 is 1.72 bits per heavy atom. The molecule has 3 nitrogen and oxygen atoms in total. The molecule has 0 bridgehead atoms. The largest absolute Gasteiger partial charge is 0.353 e. The third kappa shape index (κ3) is 1.80. The van der Waals surface area contributed by atoms with E-state index in [-0.39, 0.29) is 11.5 Å². The van der Waals surface area contributed by atoms with E-state index in [4.69, 9.17) is 11.6 Å². The van der Waals surface area contributed by atoms with Crippen LogP contribution in [0.1, 0.15) is 10.4 Å². The first kappa shape index (κ1) is 11.0. The van der Waals surface area contributed by atoms with E-state index in [0.29, 0.717) is 16.4 Å². The van der Waals surface area contributed by atoms with Crippen LogP contribution in [0.25, 0.3) is 0 Å². The van der Waals surface area contributed by atoms with Crippen LogP contribution in [-0.4, -0.2) is 5.91 Å². The fraction of sp³-hybridized carbons (Fsp3) is 0. The minimum absolute atomic E-state index is 0.266. The average molecular weight is 263 g/mol. The highest BCUT2D eigenvalue weighted by molar-refractivity contribution is 6.31. The van der Waals surface area contributed by atoms with Crippen LogP contribution in [0.3, 0.4) is 0 Å². The molecule has 0 aliphatic carbocycles. The zero-order chi connectivity index (χ0) is 12.7. The van der Waals surface area contributed by atoms with Gasteiger partial charge in [-0.15, -0.1) is 0 Å². The van der Waals surface area contributed by atoms with E-state index in [1.54, 1.807) is 18.2 Å². The quantitative estimate of drug-likeness (QED) is 0.758. The number of benzene rings is 2. The molecule has 1 heterocycles. The van der Waals surface area contributed by atoms with Gasteiger partial charge in [-0.2, -0.15) is 0 Å². The molecule has 0 atom stereocenters. The molecule has 90 valence electrons. The second kappa shape index (κ2) is 3.99. The maximum Gasteiger partial charge on any atom is 0.257 e. The number of fused-ring (bicyclic) bond motifs is 2. The number of anilines is 3. The van der Waals surface area contributed by atoms with Crippen molar-refractivity contribution in [3.8, 4) is 0 Å². The number of hydrogen-bond acceptors (Lipinski definition) is 2. The van der Waals surface area contributed by atoms with Gasteiger partial charge in [0.15, 0.2) is 0 Å². The molecule has 0 aromatic heterocycles. The van der Waals surface area contributed by atoms with Gasteiger partial charge >= 0.3 is 0 Å². The SMILES string of the molecule is O=C1Nc2cc(Cl)ccc2Nc2ccc(F)cc21. The van der Waals surface area contributed by atoms with Crippen LogP contribution in [0.4, 0.5) is 21.5 Å². The number of nitrogens with one attached hydrogen (secondary N) is 2. The molecule has 0 fully saturated rings. The van der Waals surface area contributed by atoms with Gasteiger partial charge in [-0.25, -0.2) is 4.39 Å². The summed E-state index contributed by atoms with van der Waals surface area (Å²) < 4.78 is 13.2. The molecule has 1 aliphatic rings. The summed E-state index contributed by atoms with van der Waals surface area (Å²) in [5.41, 5.74) is 2.12. The van der Waals surface area contributed by atoms with Crippen LogP contribution in [-0.2, 0) is 0 Å². The maximum atomic E-state index is 13.2. The fourth-order valence-corrected chi connectivity index (χ4v) is 2.05. The van der Waals surface area contributed by atoms with Crippen molar-refractivity contribution in [3.05, 3.63) is 52.8 Å². The normalized spacial score (nSPS) is 12.9. The highest BCUT2D eigenvalue weighted by atomic mass is 35.5. The van der Waals surface area contributed by atoms with Crippen molar-refractivity contribution in [1.29, 1.82) is 0 Å². The molecule has 0 spiro atoms. The minimum atomic E-state index is -0.449. The Labute approximate surface area is 108 Å². The van der Waals surface area contributed by atoms with Gasteiger partial charge in [0.25, 0.3) is 5.91 Å². The zero-order valence-corrected chi connectivity index (χ0v) is 9.88. The third-order valence-electron chi connectivity index (χ3n) is 2.73. The van der Waals surface area contributed by atoms with Gasteiger partial charge in [-0.05, 0) is 36.4 Å². The Hall–Kier alpha value is -2.07. The molecule has 2 aromatic carbocycles. The highest BCUT2D eigenvalue weighted by Crippen LogP contribution is 2.33. The van der Waals surface area contributed by atoms with E-state index in [2.05, 4.69) is 10.6 Å². The van der Waals surface area contributed by atoms with Gasteiger partial charge in [0.1, 0.15) is 5.82 Å². The fourth-order valence-electron chi connectivity index (χ4n) is 1.88. The lowest BCUT2D eigenvalue weighted by molar-refractivity contribution is 0.102. The van der Waals surface area contributed by atoms with Crippen LogP contribution in [0, 0.1) is 5.82 Å². The number of carbonyl (C=O) groups excluding carboxylic acids is 1. The van der Waals surface area contributed by atoms with Crippen LogP contribution in [0.2, 0.25) is 5.02 Å². The van der Waals surface area contributed by atoms with E-state index in [1.807, 2.05) is 0 Å². The molecule has 1 aliphatic heterocycles. The Bertz CT molecular complexity index is 657. The van der Waals surface area contributed by atoms with Crippen LogP contribution in [0.5, 0.6) is 0 Å². The van der Waals surface area contributed by atoms with Crippen molar-refractivity contribution >= 4 is 34.6 Å². The first-order valence-electron chi connectivity index (χ1n) is 5.31. The minimum Gasteiger partial charge on any atom is -0.353 e. The van der Waals surface area contributed by atoms with E-state index in [9.17, 15) is 9.18 Å². The summed E-state index contributed by atoms with van der Waals surface area (Å²) in [6.07, 6.45) is 0. The van der Waals surface area contributed by atoms with Gasteiger partial charge < -0.3 is 10.6 Å². The molecule has 0 saturated heterocycles. The van der Waals surface area contributed by atoms with Gasteiger partial charge in [-0.3, -0.25) is 4.79 Å². The van der Waals surface area contributed by atoms with E-state index in [1.165, 1.54) is 18.2 Å². The molecule has 3 rings (SSSR count).